The number of nitrogens with one attached hydrogen (secondary N) is 1. The number of amides is 1. The molecule has 0 aliphatic heterocycles. The molecular formula is C21H18FN5O2S2. The maximum absolute atomic E-state index is 13.0. The number of carbonyl (C=O) groups excluding carboxylic acids is 1. The first-order valence-electron chi connectivity index (χ1n) is 9.28. The van der Waals surface area contributed by atoms with Crippen LogP contribution in [0.3, 0.4) is 0 Å². The van der Waals surface area contributed by atoms with Gasteiger partial charge < -0.3 is 10.1 Å². The molecule has 2 aromatic heterocycles. The summed E-state index contributed by atoms with van der Waals surface area (Å²) in [6, 6.07) is 13.7. The van der Waals surface area contributed by atoms with Gasteiger partial charge in [-0.1, -0.05) is 35.2 Å². The number of hydrogen-bond donors (Lipinski definition) is 1. The average Bonchev–Trinajstić information content (AvgIpc) is 3.47. The number of ether oxygens (including phenoxy) is 1. The summed E-state index contributed by atoms with van der Waals surface area (Å²) in [6.45, 7) is 0.294. The van der Waals surface area contributed by atoms with Crippen LogP contribution in [0.1, 0.15) is 20.4 Å². The minimum atomic E-state index is -0.311. The number of carbonyl (C=O) groups is 1. The highest BCUT2D eigenvalue weighted by atomic mass is 32.2. The fourth-order valence-corrected chi connectivity index (χ4v) is 4.44. The molecule has 1 N–H and O–H groups in total. The van der Waals surface area contributed by atoms with Crippen LogP contribution >= 0.6 is 23.1 Å². The molecule has 31 heavy (non-hydrogen) atoms. The summed E-state index contributed by atoms with van der Waals surface area (Å²) in [5.41, 5.74) is 1.78. The third-order valence-electron chi connectivity index (χ3n) is 4.31. The van der Waals surface area contributed by atoms with E-state index in [2.05, 4.69) is 20.5 Å². The number of hydrogen-bond acceptors (Lipinski definition) is 7. The second-order valence-electron chi connectivity index (χ2n) is 6.38. The summed E-state index contributed by atoms with van der Waals surface area (Å²) in [6.07, 6.45) is 3.62. The Morgan fingerprint density at radius 1 is 1.16 bits per heavy atom. The van der Waals surface area contributed by atoms with Crippen molar-refractivity contribution in [2.75, 3.05) is 7.11 Å². The van der Waals surface area contributed by atoms with Crippen LogP contribution in [0.15, 0.2) is 66.1 Å². The van der Waals surface area contributed by atoms with Gasteiger partial charge in [-0.05, 0) is 42.0 Å². The van der Waals surface area contributed by atoms with Gasteiger partial charge in [0.2, 0.25) is 5.01 Å². The molecule has 0 saturated carbocycles. The largest absolute Gasteiger partial charge is 0.497 e. The first-order valence-corrected chi connectivity index (χ1v) is 11.1. The molecule has 4 rings (SSSR count). The van der Waals surface area contributed by atoms with Crippen LogP contribution in [0.2, 0.25) is 0 Å². The zero-order chi connectivity index (χ0) is 21.6. The van der Waals surface area contributed by atoms with E-state index in [1.807, 2.05) is 35.0 Å². The van der Waals surface area contributed by atoms with Gasteiger partial charge in [0.1, 0.15) is 16.6 Å². The van der Waals surface area contributed by atoms with Gasteiger partial charge in [-0.2, -0.15) is 0 Å². The van der Waals surface area contributed by atoms with Gasteiger partial charge in [0.15, 0.2) is 5.16 Å². The Morgan fingerprint density at radius 3 is 2.68 bits per heavy atom. The molecular weight excluding hydrogens is 437 g/mol. The third-order valence-corrected chi connectivity index (χ3v) is 6.39. The monoisotopic (exact) mass is 455 g/mol. The summed E-state index contributed by atoms with van der Waals surface area (Å²) >= 11 is 2.75. The first kappa shape index (κ1) is 21.0. The number of rotatable bonds is 8. The van der Waals surface area contributed by atoms with Gasteiger partial charge in [0, 0.05) is 24.6 Å². The molecule has 0 aliphatic rings. The number of benzene rings is 2. The van der Waals surface area contributed by atoms with Crippen LogP contribution in [0.4, 0.5) is 4.39 Å². The molecule has 2 heterocycles. The van der Waals surface area contributed by atoms with E-state index in [9.17, 15) is 9.18 Å². The van der Waals surface area contributed by atoms with Gasteiger partial charge in [-0.3, -0.25) is 9.36 Å². The fourth-order valence-electron chi connectivity index (χ4n) is 2.73. The number of methoxy groups -OCH3 is 1. The fraction of sp³-hybridized carbons (Fsp3) is 0.143. The van der Waals surface area contributed by atoms with Crippen LogP contribution in [0.5, 0.6) is 5.75 Å². The van der Waals surface area contributed by atoms with Crippen molar-refractivity contribution in [3.05, 3.63) is 82.3 Å². The van der Waals surface area contributed by atoms with Crippen molar-refractivity contribution in [3.63, 3.8) is 0 Å². The Morgan fingerprint density at radius 2 is 1.94 bits per heavy atom. The predicted octanol–water partition coefficient (Wildman–Crippen LogP) is 4.09. The molecule has 10 heteroatoms. The Kier molecular flexibility index (Phi) is 6.58. The van der Waals surface area contributed by atoms with E-state index in [1.54, 1.807) is 25.4 Å². The minimum absolute atomic E-state index is 0.288. The van der Waals surface area contributed by atoms with Crippen LogP contribution < -0.4 is 10.1 Å². The van der Waals surface area contributed by atoms with Gasteiger partial charge in [-0.15, -0.1) is 10.2 Å². The van der Waals surface area contributed by atoms with E-state index in [-0.39, 0.29) is 16.7 Å². The van der Waals surface area contributed by atoms with Gasteiger partial charge >= 0.3 is 0 Å². The van der Waals surface area contributed by atoms with Crippen LogP contribution in [-0.4, -0.2) is 32.8 Å². The highest BCUT2D eigenvalue weighted by Gasteiger charge is 2.14. The zero-order valence-corrected chi connectivity index (χ0v) is 18.1. The second-order valence-corrected chi connectivity index (χ2v) is 8.38. The molecule has 0 atom stereocenters. The third kappa shape index (κ3) is 5.28. The lowest BCUT2D eigenvalue weighted by molar-refractivity contribution is 0.0950. The van der Waals surface area contributed by atoms with Crippen LogP contribution in [0.25, 0.3) is 5.69 Å². The van der Waals surface area contributed by atoms with Gasteiger partial charge in [-0.25, -0.2) is 9.37 Å². The first-order chi connectivity index (χ1) is 15.1. The van der Waals surface area contributed by atoms with Crippen molar-refractivity contribution in [2.45, 2.75) is 17.5 Å². The Hall–Kier alpha value is -3.24. The smallest absolute Gasteiger partial charge is 0.282 e. The molecule has 0 bridgehead atoms. The molecule has 0 aliphatic carbocycles. The van der Waals surface area contributed by atoms with Gasteiger partial charge in [0.05, 0.1) is 12.9 Å². The van der Waals surface area contributed by atoms with E-state index in [1.165, 1.54) is 35.2 Å². The SMILES string of the molecule is COc1ccc(-n2ccnc2SCc2nnc(C(=O)NCc3ccc(F)cc3)s2)cc1. The van der Waals surface area contributed by atoms with Crippen LogP contribution in [-0.2, 0) is 12.3 Å². The average molecular weight is 456 g/mol. The van der Waals surface area contributed by atoms with E-state index < -0.39 is 0 Å². The summed E-state index contributed by atoms with van der Waals surface area (Å²) in [4.78, 5) is 16.7. The highest BCUT2D eigenvalue weighted by molar-refractivity contribution is 7.98. The molecule has 0 unspecified atom stereocenters. The number of imidazole rings is 1. The molecule has 2 aromatic carbocycles. The highest BCUT2D eigenvalue weighted by Crippen LogP contribution is 2.26. The Balaban J connectivity index is 1.35. The number of halogens is 1. The van der Waals surface area contributed by atoms with E-state index in [0.717, 1.165) is 27.2 Å². The van der Waals surface area contributed by atoms with Gasteiger partial charge in [0.25, 0.3) is 5.91 Å². The number of nitrogens with zero attached hydrogens (tertiary/aromatic N) is 4. The quantitative estimate of drug-likeness (QED) is 0.403. The number of aromatic nitrogens is 4. The maximum atomic E-state index is 13.0. The Labute approximate surface area is 186 Å². The summed E-state index contributed by atoms with van der Waals surface area (Å²) in [7, 11) is 1.63. The molecule has 158 valence electrons. The Bertz CT molecular complexity index is 1160. The lowest BCUT2D eigenvalue weighted by atomic mass is 10.2. The van der Waals surface area contributed by atoms with Crippen molar-refractivity contribution < 1.29 is 13.9 Å². The molecule has 0 saturated heterocycles. The van der Waals surface area contributed by atoms with Crippen molar-refractivity contribution >= 4 is 29.0 Å². The molecule has 0 fully saturated rings. The predicted molar refractivity (Wildman–Crippen MR) is 117 cm³/mol. The minimum Gasteiger partial charge on any atom is -0.497 e. The van der Waals surface area contributed by atoms with Crippen molar-refractivity contribution in [1.29, 1.82) is 0 Å². The maximum Gasteiger partial charge on any atom is 0.282 e. The van der Waals surface area contributed by atoms with Crippen molar-refractivity contribution in [1.82, 2.24) is 25.1 Å². The molecule has 7 nitrogen and oxygen atoms in total. The summed E-state index contributed by atoms with van der Waals surface area (Å²) in [5, 5.41) is 12.7. The van der Waals surface area contributed by atoms with E-state index in [0.29, 0.717) is 12.3 Å². The van der Waals surface area contributed by atoms with E-state index >= 15 is 0 Å². The topological polar surface area (TPSA) is 81.9 Å². The van der Waals surface area contributed by atoms with Crippen molar-refractivity contribution in [2.24, 2.45) is 0 Å². The van der Waals surface area contributed by atoms with Crippen LogP contribution in [0, 0.1) is 5.82 Å². The normalized spacial score (nSPS) is 10.8. The zero-order valence-electron chi connectivity index (χ0n) is 16.5. The molecule has 0 spiro atoms. The van der Waals surface area contributed by atoms with E-state index in [4.69, 9.17) is 4.74 Å². The van der Waals surface area contributed by atoms with Crippen molar-refractivity contribution in [3.8, 4) is 11.4 Å². The lowest BCUT2D eigenvalue weighted by Gasteiger charge is -2.07. The summed E-state index contributed by atoms with van der Waals surface area (Å²) < 4.78 is 20.1. The number of thioether (sulfide) groups is 1. The molecule has 4 aromatic rings. The molecule has 1 amide bonds. The standard InChI is InChI=1S/C21H18FN5O2S2/c1-29-17-8-6-16(7-9-17)27-11-10-23-21(27)30-13-18-25-26-20(31-18)19(28)24-12-14-2-4-15(22)5-3-14/h2-11H,12-13H2,1H3,(H,24,28). The molecule has 0 radical (unpaired) electrons. The second kappa shape index (κ2) is 9.71. The lowest BCUT2D eigenvalue weighted by Crippen LogP contribution is -2.22. The summed E-state index contributed by atoms with van der Waals surface area (Å²) in [5.74, 6) is 0.708.